The largest absolute Gasteiger partial charge is 0.378 e. The lowest BCUT2D eigenvalue weighted by molar-refractivity contribution is -0.125. The van der Waals surface area contributed by atoms with Gasteiger partial charge < -0.3 is 20.3 Å². The minimum atomic E-state index is -1.01. The highest BCUT2D eigenvalue weighted by molar-refractivity contribution is 6.31. The van der Waals surface area contributed by atoms with Crippen LogP contribution in [0.4, 0.5) is 22.7 Å². The first-order valence-electron chi connectivity index (χ1n) is 9.97. The van der Waals surface area contributed by atoms with E-state index >= 15 is 0 Å². The molecule has 158 valence electrons. The Morgan fingerprint density at radius 3 is 2.67 bits per heavy atom. The van der Waals surface area contributed by atoms with Crippen LogP contribution < -0.4 is 20.4 Å². The molecule has 0 aromatic heterocycles. The molecule has 7 nitrogen and oxygen atoms in total. The van der Waals surface area contributed by atoms with E-state index in [0.29, 0.717) is 29.6 Å². The molecule has 0 spiro atoms. The summed E-state index contributed by atoms with van der Waals surface area (Å²) in [7, 11) is 0. The van der Waals surface area contributed by atoms with Gasteiger partial charge in [0, 0.05) is 18.1 Å². The normalized spacial score (nSPS) is 17.9. The number of nitrogens with one attached hydrogen (secondary N) is 2. The van der Waals surface area contributed by atoms with E-state index in [2.05, 4.69) is 15.5 Å². The monoisotopic (exact) mass is 428 g/mol. The lowest BCUT2D eigenvalue weighted by Crippen LogP contribution is -2.59. The van der Waals surface area contributed by atoms with Gasteiger partial charge in [0.1, 0.15) is 5.54 Å². The third-order valence-electron chi connectivity index (χ3n) is 5.50. The first-order chi connectivity index (χ1) is 14.4. The number of nitrogens with zero attached hydrogens (tertiary/aromatic N) is 2. The fourth-order valence-electron chi connectivity index (χ4n) is 3.88. The lowest BCUT2D eigenvalue weighted by atomic mass is 9.96. The van der Waals surface area contributed by atoms with Crippen LogP contribution in [-0.2, 0) is 14.3 Å². The van der Waals surface area contributed by atoms with Crippen LogP contribution in [-0.4, -0.2) is 50.2 Å². The van der Waals surface area contributed by atoms with Crippen molar-refractivity contribution in [3.63, 3.8) is 0 Å². The second-order valence-corrected chi connectivity index (χ2v) is 8.31. The minimum Gasteiger partial charge on any atom is -0.378 e. The van der Waals surface area contributed by atoms with Crippen molar-refractivity contribution in [2.24, 2.45) is 0 Å². The second-order valence-electron chi connectivity index (χ2n) is 7.87. The van der Waals surface area contributed by atoms with Gasteiger partial charge in [0.2, 0.25) is 11.8 Å². The van der Waals surface area contributed by atoms with Gasteiger partial charge in [0.05, 0.1) is 42.5 Å². The number of hydrogen-bond acceptors (Lipinski definition) is 5. The molecule has 0 radical (unpaired) electrons. The van der Waals surface area contributed by atoms with Crippen molar-refractivity contribution in [3.8, 4) is 0 Å². The van der Waals surface area contributed by atoms with Crippen molar-refractivity contribution < 1.29 is 14.3 Å². The van der Waals surface area contributed by atoms with Gasteiger partial charge in [-0.15, -0.1) is 0 Å². The average Bonchev–Trinajstić information content (AvgIpc) is 2.73. The van der Waals surface area contributed by atoms with Crippen LogP contribution in [0.15, 0.2) is 42.5 Å². The second kappa shape index (κ2) is 8.16. The van der Waals surface area contributed by atoms with Crippen molar-refractivity contribution in [1.29, 1.82) is 0 Å². The van der Waals surface area contributed by atoms with Gasteiger partial charge in [-0.2, -0.15) is 0 Å². The number of morpholine rings is 1. The molecule has 1 saturated heterocycles. The van der Waals surface area contributed by atoms with Gasteiger partial charge in [-0.25, -0.2) is 0 Å². The van der Waals surface area contributed by atoms with Crippen molar-refractivity contribution in [3.05, 3.63) is 47.5 Å². The quantitative estimate of drug-likeness (QED) is 0.781. The Morgan fingerprint density at radius 2 is 1.90 bits per heavy atom. The van der Waals surface area contributed by atoms with E-state index in [4.69, 9.17) is 16.3 Å². The van der Waals surface area contributed by atoms with Gasteiger partial charge >= 0.3 is 0 Å². The van der Waals surface area contributed by atoms with Crippen molar-refractivity contribution >= 4 is 46.2 Å². The first-order valence-corrected chi connectivity index (χ1v) is 10.4. The molecule has 2 aromatic rings. The molecule has 2 aliphatic heterocycles. The smallest absolute Gasteiger partial charge is 0.250 e. The molecule has 2 heterocycles. The molecule has 8 heteroatoms. The molecular weight excluding hydrogens is 404 g/mol. The molecule has 4 rings (SSSR count). The lowest BCUT2D eigenvalue weighted by Gasteiger charge is -2.42. The van der Waals surface area contributed by atoms with E-state index in [1.807, 2.05) is 36.4 Å². The minimum absolute atomic E-state index is 0.0305. The zero-order valence-corrected chi connectivity index (χ0v) is 17.8. The van der Waals surface area contributed by atoms with Crippen LogP contribution in [0.3, 0.4) is 0 Å². The summed E-state index contributed by atoms with van der Waals surface area (Å²) in [6, 6.07) is 12.9. The third kappa shape index (κ3) is 3.82. The zero-order valence-electron chi connectivity index (χ0n) is 17.1. The van der Waals surface area contributed by atoms with Crippen LogP contribution in [0.2, 0.25) is 5.02 Å². The summed E-state index contributed by atoms with van der Waals surface area (Å²) >= 11 is 6.22. The standard InChI is InChI=1S/C22H25ClN4O3/c1-22(2)21(29)25-16-5-3-4-6-19(16)27(22)20(28)14-24-17-13-15(23)7-8-18(17)26-9-11-30-12-10-26/h3-8,13,24H,9-12,14H2,1-2H3,(H,25,29). The zero-order chi connectivity index (χ0) is 21.3. The Bertz CT molecular complexity index is 973. The fourth-order valence-corrected chi connectivity index (χ4v) is 4.05. The topological polar surface area (TPSA) is 73.9 Å². The number of rotatable bonds is 4. The molecule has 2 aromatic carbocycles. The van der Waals surface area contributed by atoms with E-state index in [9.17, 15) is 9.59 Å². The van der Waals surface area contributed by atoms with Crippen molar-refractivity contribution in [2.45, 2.75) is 19.4 Å². The van der Waals surface area contributed by atoms with Crippen LogP contribution in [0.25, 0.3) is 0 Å². The number of anilines is 4. The van der Waals surface area contributed by atoms with E-state index in [-0.39, 0.29) is 18.4 Å². The summed E-state index contributed by atoms with van der Waals surface area (Å²) < 4.78 is 5.44. The Morgan fingerprint density at radius 1 is 1.17 bits per heavy atom. The van der Waals surface area contributed by atoms with Gasteiger partial charge in [-0.1, -0.05) is 23.7 Å². The highest BCUT2D eigenvalue weighted by atomic mass is 35.5. The number of ether oxygens (including phenoxy) is 1. The van der Waals surface area contributed by atoms with Crippen LogP contribution in [0.5, 0.6) is 0 Å². The Hall–Kier alpha value is -2.77. The summed E-state index contributed by atoms with van der Waals surface area (Å²) in [4.78, 5) is 29.7. The molecule has 0 saturated carbocycles. The summed E-state index contributed by atoms with van der Waals surface area (Å²) in [6.45, 7) is 6.39. The van der Waals surface area contributed by atoms with E-state index in [1.54, 1.807) is 24.8 Å². The molecule has 0 atom stereocenters. The molecule has 2 aliphatic rings. The van der Waals surface area contributed by atoms with E-state index in [1.165, 1.54) is 0 Å². The maximum Gasteiger partial charge on any atom is 0.250 e. The number of hydrogen-bond donors (Lipinski definition) is 2. The predicted octanol–water partition coefficient (Wildman–Crippen LogP) is 3.35. The van der Waals surface area contributed by atoms with Gasteiger partial charge in [-0.05, 0) is 44.2 Å². The molecular formula is C22H25ClN4O3. The SMILES string of the molecule is CC1(C)C(=O)Nc2ccccc2N1C(=O)CNc1cc(Cl)ccc1N1CCOCC1. The third-order valence-corrected chi connectivity index (χ3v) is 5.73. The number of benzene rings is 2. The molecule has 2 amide bonds. The number of halogens is 1. The van der Waals surface area contributed by atoms with Gasteiger partial charge in [0.15, 0.2) is 0 Å². The van der Waals surface area contributed by atoms with E-state index in [0.717, 1.165) is 24.5 Å². The van der Waals surface area contributed by atoms with Crippen LogP contribution in [0.1, 0.15) is 13.8 Å². The summed E-state index contributed by atoms with van der Waals surface area (Å²) in [5.74, 6) is -0.415. The number of carbonyl (C=O) groups is 2. The first kappa shape index (κ1) is 20.5. The van der Waals surface area contributed by atoms with Crippen LogP contribution in [0, 0.1) is 0 Å². The van der Waals surface area contributed by atoms with Gasteiger partial charge in [0.25, 0.3) is 0 Å². The highest BCUT2D eigenvalue weighted by Gasteiger charge is 2.43. The van der Waals surface area contributed by atoms with Crippen LogP contribution >= 0.6 is 11.6 Å². The highest BCUT2D eigenvalue weighted by Crippen LogP contribution is 2.37. The number of carbonyl (C=O) groups excluding carboxylic acids is 2. The summed E-state index contributed by atoms with van der Waals surface area (Å²) in [5, 5.41) is 6.71. The average molecular weight is 429 g/mol. The molecule has 2 N–H and O–H groups in total. The molecule has 0 unspecified atom stereocenters. The maximum absolute atomic E-state index is 13.3. The summed E-state index contributed by atoms with van der Waals surface area (Å²) in [5.41, 5.74) is 2.08. The van der Waals surface area contributed by atoms with Gasteiger partial charge in [-0.3, -0.25) is 14.5 Å². The molecule has 30 heavy (non-hydrogen) atoms. The molecule has 0 aliphatic carbocycles. The number of amides is 2. The number of fused-ring (bicyclic) bond motifs is 1. The van der Waals surface area contributed by atoms with Crippen molar-refractivity contribution in [2.75, 3.05) is 53.3 Å². The maximum atomic E-state index is 13.3. The fraction of sp³-hybridized carbons (Fsp3) is 0.364. The number of para-hydroxylation sites is 2. The van der Waals surface area contributed by atoms with Crippen molar-refractivity contribution in [1.82, 2.24) is 0 Å². The molecule has 0 bridgehead atoms. The summed E-state index contributed by atoms with van der Waals surface area (Å²) in [6.07, 6.45) is 0. The van der Waals surface area contributed by atoms with E-state index < -0.39 is 5.54 Å². The Labute approximate surface area is 180 Å². The Kier molecular flexibility index (Phi) is 5.58. The molecule has 1 fully saturated rings. The predicted molar refractivity (Wildman–Crippen MR) is 120 cm³/mol. The Balaban J connectivity index is 1.58.